The first kappa shape index (κ1) is 23.4. The number of nitrogens with zero attached hydrogens (tertiary/aromatic N) is 1. The molecule has 0 bridgehead atoms. The maximum Gasteiger partial charge on any atom is 0.243 e. The third kappa shape index (κ3) is 5.93. The molecule has 0 radical (unpaired) electrons. The molecule has 0 fully saturated rings. The number of halogens is 1. The fourth-order valence-electron chi connectivity index (χ4n) is 3.08. The zero-order valence-corrected chi connectivity index (χ0v) is 18.7. The Labute approximate surface area is 187 Å². The molecule has 0 heterocycles. The van der Waals surface area contributed by atoms with Crippen LogP contribution in [0.3, 0.4) is 0 Å². The van der Waals surface area contributed by atoms with Crippen LogP contribution in [0.1, 0.15) is 18.1 Å². The van der Waals surface area contributed by atoms with Crippen molar-refractivity contribution in [2.75, 3.05) is 18.5 Å². The van der Waals surface area contributed by atoms with Crippen molar-refractivity contribution in [2.24, 2.45) is 0 Å². The molecular weight excluding hydrogens is 431 g/mol. The largest absolute Gasteiger partial charge is 0.492 e. The molecule has 0 aliphatic heterocycles. The third-order valence-corrected chi connectivity index (χ3v) is 6.52. The van der Waals surface area contributed by atoms with E-state index in [1.54, 1.807) is 36.4 Å². The van der Waals surface area contributed by atoms with E-state index in [0.717, 1.165) is 9.87 Å². The molecule has 6 nitrogen and oxygen atoms in total. The standard InChI is InChI=1S/C24H25FN2O4S/c1-3-31-23-7-5-4-6-22(23)26-24(28)17-27(16-19-10-12-20(25)13-11-19)32(29,30)21-14-8-18(2)9-15-21/h4-15H,3,16-17H2,1-2H3,(H,26,28). The Bertz CT molecular complexity index is 1160. The highest BCUT2D eigenvalue weighted by Gasteiger charge is 2.27. The number of rotatable bonds is 9. The van der Waals surface area contributed by atoms with Gasteiger partial charge in [0, 0.05) is 6.54 Å². The van der Waals surface area contributed by atoms with Gasteiger partial charge in [0.1, 0.15) is 11.6 Å². The highest BCUT2D eigenvalue weighted by atomic mass is 32.2. The van der Waals surface area contributed by atoms with E-state index in [-0.39, 0.29) is 11.4 Å². The molecule has 8 heteroatoms. The minimum Gasteiger partial charge on any atom is -0.492 e. The molecule has 3 aromatic rings. The van der Waals surface area contributed by atoms with Gasteiger partial charge < -0.3 is 10.1 Å². The van der Waals surface area contributed by atoms with Gasteiger partial charge in [-0.3, -0.25) is 4.79 Å². The van der Waals surface area contributed by atoms with E-state index in [4.69, 9.17) is 4.74 Å². The molecule has 1 N–H and O–H groups in total. The second kappa shape index (κ2) is 10.4. The van der Waals surface area contributed by atoms with Crippen LogP contribution in [0.15, 0.2) is 77.7 Å². The number of nitrogens with one attached hydrogen (secondary N) is 1. The Kier molecular flexibility index (Phi) is 7.61. The Morgan fingerprint density at radius 2 is 1.66 bits per heavy atom. The molecule has 3 rings (SSSR count). The summed E-state index contributed by atoms with van der Waals surface area (Å²) in [5, 5.41) is 2.72. The number of carbonyl (C=O) groups excluding carboxylic acids is 1. The summed E-state index contributed by atoms with van der Waals surface area (Å²) in [6.45, 7) is 3.60. The first-order valence-corrected chi connectivity index (χ1v) is 11.6. The van der Waals surface area contributed by atoms with Crippen LogP contribution < -0.4 is 10.1 Å². The molecule has 32 heavy (non-hydrogen) atoms. The van der Waals surface area contributed by atoms with E-state index in [0.29, 0.717) is 23.6 Å². The third-order valence-electron chi connectivity index (χ3n) is 4.71. The van der Waals surface area contributed by atoms with Gasteiger partial charge in [-0.1, -0.05) is 42.0 Å². The van der Waals surface area contributed by atoms with E-state index >= 15 is 0 Å². The molecule has 3 aromatic carbocycles. The van der Waals surface area contributed by atoms with Crippen molar-refractivity contribution in [3.63, 3.8) is 0 Å². The highest BCUT2D eigenvalue weighted by molar-refractivity contribution is 7.89. The highest BCUT2D eigenvalue weighted by Crippen LogP contribution is 2.24. The zero-order chi connectivity index (χ0) is 23.1. The fraction of sp³-hybridized carbons (Fsp3) is 0.208. The fourth-order valence-corrected chi connectivity index (χ4v) is 4.46. The zero-order valence-electron chi connectivity index (χ0n) is 17.9. The first-order chi connectivity index (χ1) is 15.3. The van der Waals surface area contributed by atoms with Crippen LogP contribution in [0.5, 0.6) is 5.75 Å². The first-order valence-electron chi connectivity index (χ1n) is 10.1. The van der Waals surface area contributed by atoms with Gasteiger partial charge in [-0.2, -0.15) is 4.31 Å². The maximum atomic E-state index is 13.3. The van der Waals surface area contributed by atoms with Gasteiger partial charge in [-0.25, -0.2) is 12.8 Å². The van der Waals surface area contributed by atoms with Crippen LogP contribution in [0, 0.1) is 12.7 Å². The Morgan fingerprint density at radius 1 is 1.00 bits per heavy atom. The SMILES string of the molecule is CCOc1ccccc1NC(=O)CN(Cc1ccc(F)cc1)S(=O)(=O)c1ccc(C)cc1. The van der Waals surface area contributed by atoms with Crippen LogP contribution in [0.2, 0.25) is 0 Å². The minimum absolute atomic E-state index is 0.0766. The number of ether oxygens (including phenoxy) is 1. The smallest absolute Gasteiger partial charge is 0.243 e. The van der Waals surface area contributed by atoms with Gasteiger partial charge in [0.2, 0.25) is 15.9 Å². The second-order valence-electron chi connectivity index (χ2n) is 7.19. The number of sulfonamides is 1. The summed E-state index contributed by atoms with van der Waals surface area (Å²) in [6, 6.07) is 18.8. The number of benzene rings is 3. The number of aryl methyl sites for hydroxylation is 1. The van der Waals surface area contributed by atoms with E-state index in [2.05, 4.69) is 5.32 Å². The van der Waals surface area contributed by atoms with Crippen LogP contribution in [0.4, 0.5) is 10.1 Å². The lowest BCUT2D eigenvalue weighted by atomic mass is 10.2. The topological polar surface area (TPSA) is 75.7 Å². The molecular formula is C24H25FN2O4S. The summed E-state index contributed by atoms with van der Waals surface area (Å²) in [5.74, 6) is -0.447. The predicted octanol–water partition coefficient (Wildman–Crippen LogP) is 4.36. The van der Waals surface area contributed by atoms with Crippen molar-refractivity contribution in [3.8, 4) is 5.75 Å². The maximum absolute atomic E-state index is 13.3. The Morgan fingerprint density at radius 3 is 2.31 bits per heavy atom. The van der Waals surface area contributed by atoms with Gasteiger partial charge >= 0.3 is 0 Å². The molecule has 168 valence electrons. The van der Waals surface area contributed by atoms with E-state index in [9.17, 15) is 17.6 Å². The van der Waals surface area contributed by atoms with Crippen LogP contribution in [-0.2, 0) is 21.4 Å². The quantitative estimate of drug-likeness (QED) is 0.519. The van der Waals surface area contributed by atoms with Gasteiger partial charge in [0.05, 0.1) is 23.7 Å². The molecule has 0 aliphatic rings. The van der Waals surface area contributed by atoms with Gasteiger partial charge in [0.15, 0.2) is 0 Å². The van der Waals surface area contributed by atoms with Gasteiger partial charge in [-0.05, 0) is 55.8 Å². The number of hydrogen-bond acceptors (Lipinski definition) is 4. The van der Waals surface area contributed by atoms with Crippen LogP contribution >= 0.6 is 0 Å². The Balaban J connectivity index is 1.87. The molecule has 0 saturated carbocycles. The molecule has 0 aliphatic carbocycles. The molecule has 0 atom stereocenters. The van der Waals surface area contributed by atoms with Crippen molar-refractivity contribution in [1.82, 2.24) is 4.31 Å². The van der Waals surface area contributed by atoms with Crippen molar-refractivity contribution in [1.29, 1.82) is 0 Å². The summed E-state index contributed by atoms with van der Waals surface area (Å²) >= 11 is 0. The number of hydrogen-bond donors (Lipinski definition) is 1. The number of para-hydroxylation sites is 2. The lowest BCUT2D eigenvalue weighted by Crippen LogP contribution is -2.37. The lowest BCUT2D eigenvalue weighted by molar-refractivity contribution is -0.116. The number of carbonyl (C=O) groups is 1. The summed E-state index contributed by atoms with van der Waals surface area (Å²) in [7, 11) is -3.99. The average Bonchev–Trinajstić information content (AvgIpc) is 2.76. The molecule has 1 amide bonds. The molecule has 0 aromatic heterocycles. The Hall–Kier alpha value is -3.23. The van der Waals surface area contributed by atoms with Crippen molar-refractivity contribution < 1.29 is 22.3 Å². The summed E-state index contributed by atoms with van der Waals surface area (Å²) in [6.07, 6.45) is 0. The minimum atomic E-state index is -3.99. The van der Waals surface area contributed by atoms with Gasteiger partial charge in [0.25, 0.3) is 0 Å². The van der Waals surface area contributed by atoms with E-state index in [1.807, 2.05) is 13.8 Å². The normalized spacial score (nSPS) is 11.4. The van der Waals surface area contributed by atoms with Crippen molar-refractivity contribution in [3.05, 3.63) is 89.7 Å². The summed E-state index contributed by atoms with van der Waals surface area (Å²) < 4.78 is 46.5. The van der Waals surface area contributed by atoms with E-state index in [1.165, 1.54) is 36.4 Å². The van der Waals surface area contributed by atoms with Crippen molar-refractivity contribution in [2.45, 2.75) is 25.3 Å². The van der Waals surface area contributed by atoms with Crippen LogP contribution in [0.25, 0.3) is 0 Å². The van der Waals surface area contributed by atoms with Crippen LogP contribution in [-0.4, -0.2) is 31.8 Å². The van der Waals surface area contributed by atoms with E-state index < -0.39 is 28.3 Å². The van der Waals surface area contributed by atoms with Crippen molar-refractivity contribution >= 4 is 21.6 Å². The summed E-state index contributed by atoms with van der Waals surface area (Å²) in [4.78, 5) is 12.9. The molecule has 0 saturated heterocycles. The average molecular weight is 457 g/mol. The molecule has 0 spiro atoms. The molecule has 0 unspecified atom stereocenters. The monoisotopic (exact) mass is 456 g/mol. The number of amides is 1. The van der Waals surface area contributed by atoms with Gasteiger partial charge in [-0.15, -0.1) is 0 Å². The second-order valence-corrected chi connectivity index (χ2v) is 9.13. The predicted molar refractivity (Wildman–Crippen MR) is 121 cm³/mol. The number of anilines is 1. The lowest BCUT2D eigenvalue weighted by Gasteiger charge is -2.22. The summed E-state index contributed by atoms with van der Waals surface area (Å²) in [5.41, 5.74) is 1.93.